The SMILES string of the molecule is C=C(C)[C@@H]1CC[C@](C)(O)[C@@H]([S+]([O-])c2ccccc2)C1. The molecule has 19 heavy (non-hydrogen) atoms. The standard InChI is InChI=1S/C16H22O2S/c1-12(2)13-9-10-16(3,17)15(11-13)19(18)14-7-5-4-6-8-14/h4-8,13,15,17H,1,9-11H2,2-3H3/t13-,15+,16+,19?/m1/s1. The molecule has 0 radical (unpaired) electrons. The molecule has 1 unspecified atom stereocenters. The predicted molar refractivity (Wildman–Crippen MR) is 79.4 cm³/mol. The molecule has 0 heterocycles. The van der Waals surface area contributed by atoms with Crippen molar-refractivity contribution in [3.8, 4) is 0 Å². The van der Waals surface area contributed by atoms with Crippen molar-refractivity contribution < 1.29 is 9.66 Å². The van der Waals surface area contributed by atoms with Crippen LogP contribution in [0.1, 0.15) is 33.1 Å². The van der Waals surface area contributed by atoms with E-state index in [0.717, 1.165) is 23.3 Å². The van der Waals surface area contributed by atoms with Crippen molar-refractivity contribution in [3.05, 3.63) is 42.5 Å². The molecule has 0 spiro atoms. The maximum Gasteiger partial charge on any atom is 0.153 e. The summed E-state index contributed by atoms with van der Waals surface area (Å²) in [5.41, 5.74) is 0.276. The van der Waals surface area contributed by atoms with Crippen LogP contribution in [0.5, 0.6) is 0 Å². The van der Waals surface area contributed by atoms with Gasteiger partial charge in [-0.15, -0.1) is 0 Å². The molecule has 0 aromatic heterocycles. The number of hydrogen-bond donors (Lipinski definition) is 1. The van der Waals surface area contributed by atoms with Crippen LogP contribution in [0.15, 0.2) is 47.4 Å². The van der Waals surface area contributed by atoms with Crippen LogP contribution in [0.2, 0.25) is 0 Å². The lowest BCUT2D eigenvalue weighted by molar-refractivity contribution is 0.0166. The molecule has 0 bridgehead atoms. The van der Waals surface area contributed by atoms with Crippen molar-refractivity contribution in [1.82, 2.24) is 0 Å². The maximum absolute atomic E-state index is 12.7. The molecule has 1 saturated carbocycles. The van der Waals surface area contributed by atoms with E-state index in [9.17, 15) is 9.66 Å². The zero-order chi connectivity index (χ0) is 14.0. The highest BCUT2D eigenvalue weighted by molar-refractivity contribution is 7.92. The van der Waals surface area contributed by atoms with Gasteiger partial charge in [-0.3, -0.25) is 0 Å². The fraction of sp³-hybridized carbons (Fsp3) is 0.500. The number of rotatable bonds is 3. The van der Waals surface area contributed by atoms with Gasteiger partial charge in [-0.2, -0.15) is 0 Å². The van der Waals surface area contributed by atoms with Gasteiger partial charge in [-0.1, -0.05) is 30.4 Å². The summed E-state index contributed by atoms with van der Waals surface area (Å²) >= 11 is -1.17. The molecule has 0 aliphatic heterocycles. The molecule has 1 aliphatic rings. The quantitative estimate of drug-likeness (QED) is 0.681. The van der Waals surface area contributed by atoms with E-state index >= 15 is 0 Å². The van der Waals surface area contributed by atoms with Crippen LogP contribution >= 0.6 is 0 Å². The molecule has 0 saturated heterocycles. The second-order valence-electron chi connectivity index (χ2n) is 5.77. The molecule has 2 rings (SSSR count). The molecule has 4 atom stereocenters. The second-order valence-corrected chi connectivity index (χ2v) is 7.41. The first-order chi connectivity index (χ1) is 8.92. The van der Waals surface area contributed by atoms with E-state index in [2.05, 4.69) is 6.58 Å². The summed E-state index contributed by atoms with van der Waals surface area (Å²) in [6.45, 7) is 7.85. The van der Waals surface area contributed by atoms with Gasteiger partial charge in [0.05, 0.1) is 0 Å². The average Bonchev–Trinajstić information content (AvgIpc) is 2.38. The Morgan fingerprint density at radius 1 is 1.42 bits per heavy atom. The van der Waals surface area contributed by atoms with E-state index in [1.807, 2.05) is 44.2 Å². The van der Waals surface area contributed by atoms with Crippen molar-refractivity contribution in [2.45, 2.75) is 48.9 Å². The lowest BCUT2D eigenvalue weighted by atomic mass is 9.77. The van der Waals surface area contributed by atoms with Crippen LogP contribution in [0, 0.1) is 5.92 Å². The third-order valence-corrected chi connectivity index (χ3v) is 6.08. The van der Waals surface area contributed by atoms with Crippen LogP contribution in [0.3, 0.4) is 0 Å². The zero-order valence-electron chi connectivity index (χ0n) is 11.6. The third kappa shape index (κ3) is 3.22. The Morgan fingerprint density at radius 2 is 2.05 bits per heavy atom. The summed E-state index contributed by atoms with van der Waals surface area (Å²) in [6, 6.07) is 9.44. The van der Waals surface area contributed by atoms with Gasteiger partial charge < -0.3 is 9.66 Å². The van der Waals surface area contributed by atoms with Crippen LogP contribution in [-0.4, -0.2) is 20.5 Å². The maximum atomic E-state index is 12.7. The Bertz CT molecular complexity index is 441. The largest absolute Gasteiger partial charge is 0.611 e. The number of aliphatic hydroxyl groups is 1. The van der Waals surface area contributed by atoms with E-state index < -0.39 is 16.8 Å². The van der Waals surface area contributed by atoms with E-state index in [0.29, 0.717) is 12.3 Å². The molecule has 0 amide bonds. The monoisotopic (exact) mass is 278 g/mol. The Hall–Kier alpha value is -0.770. The Labute approximate surface area is 118 Å². The highest BCUT2D eigenvalue weighted by Gasteiger charge is 2.46. The minimum atomic E-state index is -1.17. The van der Waals surface area contributed by atoms with Crippen LogP contribution in [0.25, 0.3) is 0 Å². The Balaban J connectivity index is 2.21. The number of benzene rings is 1. The topological polar surface area (TPSA) is 43.3 Å². The van der Waals surface area contributed by atoms with Crippen LogP contribution in [0.4, 0.5) is 0 Å². The summed E-state index contributed by atoms with van der Waals surface area (Å²) in [5, 5.41) is 10.3. The molecule has 2 nitrogen and oxygen atoms in total. The van der Waals surface area contributed by atoms with Crippen LogP contribution in [-0.2, 0) is 11.2 Å². The van der Waals surface area contributed by atoms with E-state index in [1.54, 1.807) is 0 Å². The summed E-state index contributed by atoms with van der Waals surface area (Å²) < 4.78 is 12.7. The highest BCUT2D eigenvalue weighted by atomic mass is 32.2. The fourth-order valence-electron chi connectivity index (χ4n) is 2.74. The van der Waals surface area contributed by atoms with Gasteiger partial charge in [0.2, 0.25) is 0 Å². The van der Waals surface area contributed by atoms with Crippen molar-refractivity contribution in [3.63, 3.8) is 0 Å². The lowest BCUT2D eigenvalue weighted by Gasteiger charge is -2.40. The molecule has 3 heteroatoms. The molecule has 1 aromatic rings. The van der Waals surface area contributed by atoms with Crippen molar-refractivity contribution in [2.75, 3.05) is 0 Å². The third-order valence-electron chi connectivity index (χ3n) is 4.12. The lowest BCUT2D eigenvalue weighted by Crippen LogP contribution is -2.49. The number of allylic oxidation sites excluding steroid dienone is 1. The molecule has 1 N–H and O–H groups in total. The molecule has 1 aliphatic carbocycles. The van der Waals surface area contributed by atoms with E-state index in [4.69, 9.17) is 0 Å². The molecular formula is C16H22O2S. The van der Waals surface area contributed by atoms with Crippen molar-refractivity contribution in [2.24, 2.45) is 5.92 Å². The van der Waals surface area contributed by atoms with E-state index in [-0.39, 0.29) is 5.25 Å². The molecule has 1 fully saturated rings. The molecule has 1 aromatic carbocycles. The molecular weight excluding hydrogens is 256 g/mol. The van der Waals surface area contributed by atoms with Gasteiger partial charge >= 0.3 is 0 Å². The minimum absolute atomic E-state index is 0.217. The van der Waals surface area contributed by atoms with Gasteiger partial charge in [-0.25, -0.2) is 0 Å². The predicted octanol–water partition coefficient (Wildman–Crippen LogP) is 3.29. The fourth-order valence-corrected chi connectivity index (χ4v) is 4.48. The first kappa shape index (κ1) is 14.6. The summed E-state index contributed by atoms with van der Waals surface area (Å²) in [5.74, 6) is 0.373. The smallest absolute Gasteiger partial charge is 0.153 e. The number of hydrogen-bond acceptors (Lipinski definition) is 2. The zero-order valence-corrected chi connectivity index (χ0v) is 12.5. The van der Waals surface area contributed by atoms with Gasteiger partial charge in [-0.05, 0) is 55.9 Å². The van der Waals surface area contributed by atoms with Crippen LogP contribution < -0.4 is 0 Å². The minimum Gasteiger partial charge on any atom is -0.611 e. The van der Waals surface area contributed by atoms with Gasteiger partial charge in [0.1, 0.15) is 10.9 Å². The van der Waals surface area contributed by atoms with Gasteiger partial charge in [0.25, 0.3) is 0 Å². The first-order valence-electron chi connectivity index (χ1n) is 6.75. The van der Waals surface area contributed by atoms with Crippen molar-refractivity contribution >= 4 is 11.2 Å². The van der Waals surface area contributed by atoms with E-state index in [1.165, 1.54) is 0 Å². The van der Waals surface area contributed by atoms with Gasteiger partial charge in [0.15, 0.2) is 4.90 Å². The van der Waals surface area contributed by atoms with Gasteiger partial charge in [0, 0.05) is 6.42 Å². The Kier molecular flexibility index (Phi) is 4.39. The Morgan fingerprint density at radius 3 is 2.63 bits per heavy atom. The molecule has 104 valence electrons. The van der Waals surface area contributed by atoms with Crippen molar-refractivity contribution in [1.29, 1.82) is 0 Å². The summed E-state index contributed by atoms with van der Waals surface area (Å²) in [7, 11) is 0. The summed E-state index contributed by atoms with van der Waals surface area (Å²) in [4.78, 5) is 0.801. The highest BCUT2D eigenvalue weighted by Crippen LogP contribution is 2.40. The normalized spacial score (nSPS) is 32.8. The first-order valence-corrected chi connectivity index (χ1v) is 7.96. The summed E-state index contributed by atoms with van der Waals surface area (Å²) in [6.07, 6.45) is 2.38. The average molecular weight is 278 g/mol. The second kappa shape index (κ2) is 5.70.